The average Bonchev–Trinajstić information content (AvgIpc) is 2.70. The average molecular weight is 297 g/mol. The monoisotopic (exact) mass is 296 g/mol. The normalized spacial score (nSPS) is 10.6. The van der Waals surface area contributed by atoms with Gasteiger partial charge in [-0.2, -0.15) is 0 Å². The van der Waals surface area contributed by atoms with Crippen molar-refractivity contribution in [1.82, 2.24) is 4.98 Å². The first-order valence-electron chi connectivity index (χ1n) is 5.16. The summed E-state index contributed by atoms with van der Waals surface area (Å²) in [6.07, 6.45) is 0. The first-order valence-corrected chi connectivity index (χ1v) is 5.95. The van der Waals surface area contributed by atoms with Gasteiger partial charge in [-0.15, -0.1) is 0 Å². The molecular weight excluding hydrogens is 284 g/mol. The molecule has 0 atom stereocenters. The predicted molar refractivity (Wildman–Crippen MR) is 68.8 cm³/mol. The maximum absolute atomic E-state index is 5.61. The summed E-state index contributed by atoms with van der Waals surface area (Å²) in [4.78, 5) is 4.25. The van der Waals surface area contributed by atoms with E-state index in [1.165, 1.54) is 0 Å². The number of oxazole rings is 1. The van der Waals surface area contributed by atoms with Crippen molar-refractivity contribution >= 4 is 15.9 Å². The van der Waals surface area contributed by atoms with E-state index in [0.29, 0.717) is 11.7 Å². The van der Waals surface area contributed by atoms with E-state index in [1.807, 2.05) is 25.1 Å². The van der Waals surface area contributed by atoms with Crippen LogP contribution in [-0.2, 0) is 6.54 Å². The van der Waals surface area contributed by atoms with Crippen LogP contribution in [-0.4, -0.2) is 12.1 Å². The van der Waals surface area contributed by atoms with Crippen LogP contribution in [0.1, 0.15) is 11.6 Å². The second-order valence-corrected chi connectivity index (χ2v) is 4.49. The molecule has 0 spiro atoms. The fourth-order valence-electron chi connectivity index (χ4n) is 1.65. The van der Waals surface area contributed by atoms with Crippen LogP contribution < -0.4 is 10.5 Å². The number of nitrogens with zero attached hydrogens (tertiary/aromatic N) is 1. The molecule has 2 N–H and O–H groups in total. The van der Waals surface area contributed by atoms with Crippen LogP contribution in [0, 0.1) is 6.92 Å². The topological polar surface area (TPSA) is 61.3 Å². The highest BCUT2D eigenvalue weighted by atomic mass is 79.9. The molecule has 5 heteroatoms. The highest BCUT2D eigenvalue weighted by Gasteiger charge is 2.15. The van der Waals surface area contributed by atoms with Gasteiger partial charge in [0.1, 0.15) is 5.75 Å². The summed E-state index contributed by atoms with van der Waals surface area (Å²) in [6.45, 7) is 2.18. The van der Waals surface area contributed by atoms with Crippen molar-refractivity contribution in [2.45, 2.75) is 13.5 Å². The smallest absolute Gasteiger partial charge is 0.208 e. The molecule has 17 heavy (non-hydrogen) atoms. The largest absolute Gasteiger partial charge is 0.496 e. The quantitative estimate of drug-likeness (QED) is 0.946. The Kier molecular flexibility index (Phi) is 3.49. The Balaban J connectivity index is 2.58. The Bertz CT molecular complexity index is 537. The third kappa shape index (κ3) is 2.35. The summed E-state index contributed by atoms with van der Waals surface area (Å²) in [5, 5.41) is 0. The highest BCUT2D eigenvalue weighted by molar-refractivity contribution is 9.10. The van der Waals surface area contributed by atoms with Crippen LogP contribution in [0.5, 0.6) is 5.75 Å². The van der Waals surface area contributed by atoms with Crippen molar-refractivity contribution in [3.8, 4) is 17.1 Å². The van der Waals surface area contributed by atoms with E-state index in [2.05, 4.69) is 20.9 Å². The van der Waals surface area contributed by atoms with E-state index in [-0.39, 0.29) is 6.54 Å². The van der Waals surface area contributed by atoms with Gasteiger partial charge in [-0.05, 0) is 25.1 Å². The molecule has 90 valence electrons. The van der Waals surface area contributed by atoms with Crippen LogP contribution in [0.2, 0.25) is 0 Å². The molecule has 0 saturated heterocycles. The molecule has 1 aromatic heterocycles. The molecule has 0 saturated carbocycles. The Morgan fingerprint density at radius 3 is 2.82 bits per heavy atom. The molecule has 4 nitrogen and oxygen atoms in total. The molecule has 0 aliphatic carbocycles. The minimum absolute atomic E-state index is 0.289. The van der Waals surface area contributed by atoms with Crippen molar-refractivity contribution in [3.05, 3.63) is 34.3 Å². The van der Waals surface area contributed by atoms with Crippen LogP contribution in [0.3, 0.4) is 0 Å². The fraction of sp³-hybridized carbons (Fsp3) is 0.250. The number of hydrogen-bond acceptors (Lipinski definition) is 4. The van der Waals surface area contributed by atoms with Gasteiger partial charge in [-0.25, -0.2) is 4.98 Å². The Hall–Kier alpha value is -1.33. The number of benzene rings is 1. The van der Waals surface area contributed by atoms with Crippen LogP contribution in [0.25, 0.3) is 11.3 Å². The Morgan fingerprint density at radius 2 is 2.24 bits per heavy atom. The van der Waals surface area contributed by atoms with Crippen molar-refractivity contribution < 1.29 is 9.15 Å². The lowest BCUT2D eigenvalue weighted by molar-refractivity contribution is 0.413. The summed E-state index contributed by atoms with van der Waals surface area (Å²) in [5.74, 6) is 1.97. The molecule has 0 aliphatic rings. The molecule has 1 aromatic carbocycles. The van der Waals surface area contributed by atoms with Gasteiger partial charge in [-0.1, -0.05) is 15.9 Å². The summed E-state index contributed by atoms with van der Waals surface area (Å²) in [6, 6.07) is 5.73. The molecular formula is C12H13BrN2O2. The lowest BCUT2D eigenvalue weighted by atomic mass is 10.1. The molecule has 0 aliphatic heterocycles. The van der Waals surface area contributed by atoms with Crippen molar-refractivity contribution in [2.75, 3.05) is 7.11 Å². The molecule has 0 radical (unpaired) electrons. The minimum Gasteiger partial charge on any atom is -0.496 e. The minimum atomic E-state index is 0.289. The maximum Gasteiger partial charge on any atom is 0.208 e. The number of rotatable bonds is 3. The van der Waals surface area contributed by atoms with Gasteiger partial charge in [0.2, 0.25) is 5.89 Å². The lowest BCUT2D eigenvalue weighted by Crippen LogP contribution is -1.95. The lowest BCUT2D eigenvalue weighted by Gasteiger charge is -2.06. The second kappa shape index (κ2) is 4.89. The van der Waals surface area contributed by atoms with E-state index in [4.69, 9.17) is 14.9 Å². The number of aromatic nitrogens is 1. The van der Waals surface area contributed by atoms with Crippen molar-refractivity contribution in [3.63, 3.8) is 0 Å². The van der Waals surface area contributed by atoms with Crippen LogP contribution in [0.15, 0.2) is 27.1 Å². The van der Waals surface area contributed by atoms with Crippen molar-refractivity contribution in [2.24, 2.45) is 5.73 Å². The number of methoxy groups -OCH3 is 1. The summed E-state index contributed by atoms with van der Waals surface area (Å²) in [5.41, 5.74) is 7.19. The van der Waals surface area contributed by atoms with Crippen LogP contribution in [0.4, 0.5) is 0 Å². The standard InChI is InChI=1S/C12H13BrN2O2/c1-7-12(17-11(6-14)15-7)9-5-8(13)3-4-10(9)16-2/h3-5H,6,14H2,1-2H3. The van der Waals surface area contributed by atoms with Gasteiger partial charge >= 0.3 is 0 Å². The Labute approximate surface area is 108 Å². The van der Waals surface area contributed by atoms with E-state index in [0.717, 1.165) is 21.5 Å². The third-order valence-electron chi connectivity index (χ3n) is 2.42. The molecule has 2 aromatic rings. The molecule has 0 fully saturated rings. The van der Waals surface area contributed by atoms with Gasteiger partial charge in [0.15, 0.2) is 5.76 Å². The molecule has 0 amide bonds. The number of nitrogens with two attached hydrogens (primary N) is 1. The van der Waals surface area contributed by atoms with Gasteiger partial charge in [0.05, 0.1) is 24.9 Å². The van der Waals surface area contributed by atoms with Gasteiger partial charge in [0.25, 0.3) is 0 Å². The zero-order chi connectivity index (χ0) is 12.4. The zero-order valence-corrected chi connectivity index (χ0v) is 11.2. The number of aryl methyl sites for hydroxylation is 1. The van der Waals surface area contributed by atoms with E-state index in [1.54, 1.807) is 7.11 Å². The molecule has 1 heterocycles. The van der Waals surface area contributed by atoms with E-state index in [9.17, 15) is 0 Å². The summed E-state index contributed by atoms with van der Waals surface area (Å²) in [7, 11) is 1.63. The maximum atomic E-state index is 5.61. The highest BCUT2D eigenvalue weighted by Crippen LogP contribution is 2.34. The zero-order valence-electron chi connectivity index (χ0n) is 9.66. The van der Waals surface area contributed by atoms with Gasteiger partial charge in [-0.3, -0.25) is 0 Å². The second-order valence-electron chi connectivity index (χ2n) is 3.57. The molecule has 2 rings (SSSR count). The number of ether oxygens (including phenoxy) is 1. The molecule has 0 unspecified atom stereocenters. The summed E-state index contributed by atoms with van der Waals surface area (Å²) < 4.78 is 11.9. The van der Waals surface area contributed by atoms with E-state index < -0.39 is 0 Å². The fourth-order valence-corrected chi connectivity index (χ4v) is 2.01. The summed E-state index contributed by atoms with van der Waals surface area (Å²) >= 11 is 3.43. The number of hydrogen-bond donors (Lipinski definition) is 1. The SMILES string of the molecule is COc1ccc(Br)cc1-c1oc(CN)nc1C. The van der Waals surface area contributed by atoms with Crippen LogP contribution >= 0.6 is 15.9 Å². The van der Waals surface area contributed by atoms with Gasteiger partial charge in [0, 0.05) is 4.47 Å². The van der Waals surface area contributed by atoms with Gasteiger partial charge < -0.3 is 14.9 Å². The first-order chi connectivity index (χ1) is 8.15. The molecule has 0 bridgehead atoms. The van der Waals surface area contributed by atoms with Crippen molar-refractivity contribution in [1.29, 1.82) is 0 Å². The van der Waals surface area contributed by atoms with E-state index >= 15 is 0 Å². The number of halogens is 1. The first kappa shape index (κ1) is 12.1. The predicted octanol–water partition coefficient (Wildman–Crippen LogP) is 2.88. The Morgan fingerprint density at radius 1 is 1.47 bits per heavy atom. The third-order valence-corrected chi connectivity index (χ3v) is 2.91.